The van der Waals surface area contributed by atoms with Crippen LogP contribution in [0.25, 0.3) is 0 Å². The zero-order valence-electron chi connectivity index (χ0n) is 26.3. The molecule has 11 nitrogen and oxygen atoms in total. The molecule has 1 saturated heterocycles. The number of rotatable bonds is 15. The lowest BCUT2D eigenvalue weighted by atomic mass is 10.1. The van der Waals surface area contributed by atoms with E-state index in [-0.39, 0.29) is 30.7 Å². The van der Waals surface area contributed by atoms with Gasteiger partial charge in [0.1, 0.15) is 11.5 Å². The molecule has 11 heteroatoms. The number of aryl methyl sites for hydroxylation is 1. The van der Waals surface area contributed by atoms with Crippen LogP contribution < -0.4 is 14.8 Å². The minimum atomic E-state index is -0.433. The van der Waals surface area contributed by atoms with Crippen LogP contribution in [-0.4, -0.2) is 73.5 Å². The maximum atomic E-state index is 13.2. The zero-order valence-corrected chi connectivity index (χ0v) is 26.3. The van der Waals surface area contributed by atoms with Crippen molar-refractivity contribution in [1.82, 2.24) is 9.80 Å². The summed E-state index contributed by atoms with van der Waals surface area (Å²) in [6.45, 7) is 6.10. The molecular weight excluding hydrogens is 576 g/mol. The first-order valence-electron chi connectivity index (χ1n) is 15.2. The first kappa shape index (κ1) is 33.4. The van der Waals surface area contributed by atoms with E-state index in [0.717, 1.165) is 51.0 Å². The number of methoxy groups -OCH3 is 1. The Balaban J connectivity index is 1.27. The van der Waals surface area contributed by atoms with Crippen molar-refractivity contribution < 1.29 is 28.7 Å². The fraction of sp³-hybridized carbons (Fsp3) is 0.412. The second-order valence-electron chi connectivity index (χ2n) is 11.2. The monoisotopic (exact) mass is 618 g/mol. The summed E-state index contributed by atoms with van der Waals surface area (Å²) in [5, 5.41) is 14.2. The number of amides is 2. The standard InChI is InChI=1S/C34H42N4O7/c1-25-12-15-29(32(21-25)45-20-8-4-5-11-33(39)37-18-16-36(2)17-19-37)35-34(40)26-13-14-28(31(22-26)43-3)24-44-23-27-9-6-7-10-30(27)38(41)42/h6-7,9-10,12-15,21-22H,4-5,8,11,16-20,23-24H2,1-3H3,(H,35,40). The third-order valence-corrected chi connectivity index (χ3v) is 7.79. The number of ether oxygens (including phenoxy) is 3. The normalized spacial score (nSPS) is 13.4. The Morgan fingerprint density at radius 2 is 1.67 bits per heavy atom. The molecule has 1 aliphatic heterocycles. The molecule has 1 N–H and O–H groups in total. The molecule has 0 spiro atoms. The van der Waals surface area contributed by atoms with Crippen molar-refractivity contribution in [3.8, 4) is 11.5 Å². The molecule has 1 heterocycles. The van der Waals surface area contributed by atoms with Gasteiger partial charge in [0.15, 0.2) is 0 Å². The van der Waals surface area contributed by atoms with E-state index in [1.165, 1.54) is 13.2 Å². The molecule has 0 aliphatic carbocycles. The van der Waals surface area contributed by atoms with Crippen LogP contribution in [0.5, 0.6) is 11.5 Å². The molecule has 0 radical (unpaired) electrons. The number of nitrogens with zero attached hydrogens (tertiary/aromatic N) is 3. The van der Waals surface area contributed by atoms with Crippen LogP contribution >= 0.6 is 0 Å². The van der Waals surface area contributed by atoms with Crippen LogP contribution in [0, 0.1) is 17.0 Å². The van der Waals surface area contributed by atoms with Crippen LogP contribution in [0.1, 0.15) is 52.7 Å². The van der Waals surface area contributed by atoms with Crippen LogP contribution in [0.15, 0.2) is 60.7 Å². The maximum Gasteiger partial charge on any atom is 0.274 e. The van der Waals surface area contributed by atoms with Crippen molar-refractivity contribution >= 4 is 23.2 Å². The van der Waals surface area contributed by atoms with E-state index in [9.17, 15) is 19.7 Å². The number of unbranched alkanes of at least 4 members (excludes halogenated alkanes) is 2. The summed E-state index contributed by atoms with van der Waals surface area (Å²) in [4.78, 5) is 40.7. The fourth-order valence-electron chi connectivity index (χ4n) is 5.08. The third-order valence-electron chi connectivity index (χ3n) is 7.79. The number of nitro groups is 1. The number of nitrogens with one attached hydrogen (secondary N) is 1. The summed E-state index contributed by atoms with van der Waals surface area (Å²) in [5.74, 6) is 0.959. The summed E-state index contributed by atoms with van der Waals surface area (Å²) in [7, 11) is 3.59. The molecule has 1 aliphatic rings. The summed E-state index contributed by atoms with van der Waals surface area (Å²) >= 11 is 0. The quantitative estimate of drug-likeness (QED) is 0.133. The summed E-state index contributed by atoms with van der Waals surface area (Å²) in [5.41, 5.74) is 3.15. The summed E-state index contributed by atoms with van der Waals surface area (Å²) in [6, 6.07) is 17.1. The number of nitro benzene ring substituents is 1. The second kappa shape index (κ2) is 16.6. The van der Waals surface area contributed by atoms with Gasteiger partial charge in [-0.05, 0) is 69.1 Å². The van der Waals surface area contributed by atoms with E-state index < -0.39 is 4.92 Å². The SMILES string of the molecule is COc1cc(C(=O)Nc2ccc(C)cc2OCCCCCC(=O)N2CCN(C)CC2)ccc1COCc1ccccc1[N+](=O)[O-]. The average Bonchev–Trinajstić information content (AvgIpc) is 3.04. The maximum absolute atomic E-state index is 13.2. The molecule has 240 valence electrons. The van der Waals surface area contributed by atoms with Crippen LogP contribution in [0.2, 0.25) is 0 Å². The zero-order chi connectivity index (χ0) is 32.2. The Labute approximate surface area is 264 Å². The van der Waals surface area contributed by atoms with Crippen molar-refractivity contribution in [2.45, 2.75) is 45.8 Å². The summed E-state index contributed by atoms with van der Waals surface area (Å²) in [6.07, 6.45) is 3.06. The van der Waals surface area contributed by atoms with Gasteiger partial charge in [-0.25, -0.2) is 0 Å². The van der Waals surface area contributed by atoms with Gasteiger partial charge in [-0.15, -0.1) is 0 Å². The molecule has 3 aromatic rings. The Hall–Kier alpha value is -4.48. The van der Waals surface area contributed by atoms with E-state index in [0.29, 0.717) is 46.9 Å². The van der Waals surface area contributed by atoms with Gasteiger partial charge in [-0.3, -0.25) is 19.7 Å². The van der Waals surface area contributed by atoms with Crippen molar-refractivity contribution in [2.24, 2.45) is 0 Å². The first-order chi connectivity index (χ1) is 21.7. The number of piperazine rings is 1. The molecule has 4 rings (SSSR count). The van der Waals surface area contributed by atoms with Crippen LogP contribution in [0.3, 0.4) is 0 Å². The number of para-hydroxylation sites is 1. The molecule has 45 heavy (non-hydrogen) atoms. The van der Waals surface area contributed by atoms with Gasteiger partial charge in [-0.2, -0.15) is 0 Å². The molecule has 2 amide bonds. The van der Waals surface area contributed by atoms with Crippen LogP contribution in [-0.2, 0) is 22.7 Å². The highest BCUT2D eigenvalue weighted by atomic mass is 16.6. The molecule has 3 aromatic carbocycles. The lowest BCUT2D eigenvalue weighted by molar-refractivity contribution is -0.386. The predicted octanol–water partition coefficient (Wildman–Crippen LogP) is 5.59. The van der Waals surface area contributed by atoms with Crippen molar-refractivity contribution in [3.05, 3.63) is 93.0 Å². The van der Waals surface area contributed by atoms with Gasteiger partial charge >= 0.3 is 0 Å². The van der Waals surface area contributed by atoms with Gasteiger partial charge in [0.05, 0.1) is 43.1 Å². The Morgan fingerprint density at radius 3 is 2.42 bits per heavy atom. The second-order valence-corrected chi connectivity index (χ2v) is 11.2. The predicted molar refractivity (Wildman–Crippen MR) is 172 cm³/mol. The molecule has 0 atom stereocenters. The third kappa shape index (κ3) is 9.75. The highest BCUT2D eigenvalue weighted by Crippen LogP contribution is 2.28. The van der Waals surface area contributed by atoms with Crippen molar-refractivity contribution in [2.75, 3.05) is 52.3 Å². The highest BCUT2D eigenvalue weighted by molar-refractivity contribution is 6.05. The number of hydrogen-bond donors (Lipinski definition) is 1. The van der Waals surface area contributed by atoms with Gasteiger partial charge in [0.2, 0.25) is 5.91 Å². The van der Waals surface area contributed by atoms with E-state index >= 15 is 0 Å². The fourth-order valence-corrected chi connectivity index (χ4v) is 5.08. The largest absolute Gasteiger partial charge is 0.496 e. The average molecular weight is 619 g/mol. The van der Waals surface area contributed by atoms with Gasteiger partial charge < -0.3 is 29.3 Å². The number of benzene rings is 3. The van der Waals surface area contributed by atoms with Crippen molar-refractivity contribution in [3.63, 3.8) is 0 Å². The number of hydrogen-bond acceptors (Lipinski definition) is 8. The molecule has 1 fully saturated rings. The van der Waals surface area contributed by atoms with E-state index in [1.807, 2.05) is 30.0 Å². The van der Waals surface area contributed by atoms with Gasteiger partial charge in [0, 0.05) is 49.8 Å². The number of carbonyl (C=O) groups is 2. The van der Waals surface area contributed by atoms with E-state index in [2.05, 4.69) is 17.3 Å². The lowest BCUT2D eigenvalue weighted by Gasteiger charge is -2.32. The van der Waals surface area contributed by atoms with Gasteiger partial charge in [0.25, 0.3) is 11.6 Å². The minimum absolute atomic E-state index is 0.00384. The molecule has 0 bridgehead atoms. The van der Waals surface area contributed by atoms with Crippen molar-refractivity contribution in [1.29, 1.82) is 0 Å². The van der Waals surface area contributed by atoms with E-state index in [4.69, 9.17) is 14.2 Å². The highest BCUT2D eigenvalue weighted by Gasteiger charge is 2.19. The smallest absolute Gasteiger partial charge is 0.274 e. The number of carbonyl (C=O) groups excluding carboxylic acids is 2. The van der Waals surface area contributed by atoms with Crippen LogP contribution in [0.4, 0.5) is 11.4 Å². The lowest BCUT2D eigenvalue weighted by Crippen LogP contribution is -2.47. The first-order valence-corrected chi connectivity index (χ1v) is 15.2. The molecular formula is C34H42N4O7. The molecule has 0 aromatic heterocycles. The van der Waals surface area contributed by atoms with Gasteiger partial charge in [-0.1, -0.05) is 24.3 Å². The summed E-state index contributed by atoms with van der Waals surface area (Å²) < 4.78 is 17.3. The molecule has 0 saturated carbocycles. The molecule has 0 unspecified atom stereocenters. The number of anilines is 1. The Morgan fingerprint density at radius 1 is 0.911 bits per heavy atom. The Kier molecular flexibility index (Phi) is 12.3. The Bertz CT molecular complexity index is 1470. The minimum Gasteiger partial charge on any atom is -0.496 e. The van der Waals surface area contributed by atoms with E-state index in [1.54, 1.807) is 36.4 Å². The number of likely N-dealkylation sites (N-methyl/N-ethyl adjacent to an activating group) is 1. The topological polar surface area (TPSA) is 123 Å².